The molecule has 0 bridgehead atoms. The van der Waals surface area contributed by atoms with Crippen LogP contribution in [0.2, 0.25) is 0 Å². The SMILES string of the molecule is CC/C=C\C/C=C\C/C=C\C/C=C\C/C=C\CCCCCCCCCCCCCCCCCC(=O)OCC(COC(=O)CCCCCCCCCCC)OC(=O)CCCCCCCCCCCC. The van der Waals surface area contributed by atoms with Crippen molar-refractivity contribution in [2.24, 2.45) is 0 Å². The molecule has 0 aromatic carbocycles. The Morgan fingerprint density at radius 3 is 0.897 bits per heavy atom. The lowest BCUT2D eigenvalue weighted by atomic mass is 10.0. The summed E-state index contributed by atoms with van der Waals surface area (Å²) >= 11 is 0. The summed E-state index contributed by atoms with van der Waals surface area (Å²) < 4.78 is 16.8. The van der Waals surface area contributed by atoms with Crippen LogP contribution in [0.5, 0.6) is 0 Å². The molecule has 68 heavy (non-hydrogen) atoms. The van der Waals surface area contributed by atoms with Gasteiger partial charge in [0.25, 0.3) is 0 Å². The summed E-state index contributed by atoms with van der Waals surface area (Å²) in [6.45, 7) is 6.51. The Hall–Kier alpha value is -2.89. The number of hydrogen-bond donors (Lipinski definition) is 0. The third-order valence-electron chi connectivity index (χ3n) is 12.8. The van der Waals surface area contributed by atoms with Crippen LogP contribution >= 0.6 is 0 Å². The number of hydrogen-bond acceptors (Lipinski definition) is 6. The van der Waals surface area contributed by atoms with E-state index >= 15 is 0 Å². The molecule has 0 aliphatic heterocycles. The predicted molar refractivity (Wildman–Crippen MR) is 293 cm³/mol. The van der Waals surface area contributed by atoms with E-state index in [-0.39, 0.29) is 31.1 Å². The number of allylic oxidation sites excluding steroid dienone is 10. The zero-order valence-electron chi connectivity index (χ0n) is 45.1. The monoisotopic (exact) mass is 951 g/mol. The van der Waals surface area contributed by atoms with Crippen LogP contribution in [0.4, 0.5) is 0 Å². The third kappa shape index (κ3) is 54.1. The Kier molecular flexibility index (Phi) is 54.3. The van der Waals surface area contributed by atoms with Gasteiger partial charge in [-0.3, -0.25) is 14.4 Å². The van der Waals surface area contributed by atoms with Gasteiger partial charge in [-0.15, -0.1) is 0 Å². The summed E-state index contributed by atoms with van der Waals surface area (Å²) in [6, 6.07) is 0. The van der Waals surface area contributed by atoms with Crippen molar-refractivity contribution in [2.75, 3.05) is 13.2 Å². The molecule has 6 nitrogen and oxygen atoms in total. The minimum atomic E-state index is -0.766. The summed E-state index contributed by atoms with van der Waals surface area (Å²) in [7, 11) is 0. The normalized spacial score (nSPS) is 12.5. The van der Waals surface area contributed by atoms with E-state index in [0.717, 1.165) is 89.9 Å². The van der Waals surface area contributed by atoms with Crippen LogP contribution in [0.15, 0.2) is 60.8 Å². The Morgan fingerprint density at radius 2 is 0.574 bits per heavy atom. The highest BCUT2D eigenvalue weighted by Crippen LogP contribution is 2.16. The zero-order valence-corrected chi connectivity index (χ0v) is 45.1. The molecule has 0 aliphatic rings. The molecule has 0 aromatic heterocycles. The van der Waals surface area contributed by atoms with Crippen molar-refractivity contribution >= 4 is 17.9 Å². The number of carbonyl (C=O) groups is 3. The van der Waals surface area contributed by atoms with Crippen LogP contribution in [0, 0.1) is 0 Å². The molecule has 0 saturated heterocycles. The zero-order chi connectivity index (χ0) is 49.3. The first-order valence-corrected chi connectivity index (χ1v) is 29.3. The van der Waals surface area contributed by atoms with Crippen LogP contribution in [-0.4, -0.2) is 37.2 Å². The van der Waals surface area contributed by atoms with Crippen LogP contribution in [0.1, 0.15) is 297 Å². The molecule has 0 spiro atoms. The number of ether oxygens (including phenoxy) is 3. The first-order valence-electron chi connectivity index (χ1n) is 29.3. The maximum Gasteiger partial charge on any atom is 0.306 e. The quantitative estimate of drug-likeness (QED) is 0.0262. The fraction of sp³-hybridized carbons (Fsp3) is 0.790. The first kappa shape index (κ1) is 65.1. The molecule has 0 saturated carbocycles. The van der Waals surface area contributed by atoms with Crippen LogP contribution in [-0.2, 0) is 28.6 Å². The molecule has 0 rings (SSSR count). The predicted octanol–water partition coefficient (Wildman–Crippen LogP) is 19.6. The molecular weight excluding hydrogens is 841 g/mol. The van der Waals surface area contributed by atoms with E-state index in [1.807, 2.05) is 0 Å². The van der Waals surface area contributed by atoms with Gasteiger partial charge in [0.1, 0.15) is 13.2 Å². The Balaban J connectivity index is 4.02. The highest BCUT2D eigenvalue weighted by Gasteiger charge is 2.19. The first-order chi connectivity index (χ1) is 33.5. The maximum atomic E-state index is 12.7. The molecule has 0 radical (unpaired) electrons. The van der Waals surface area contributed by atoms with E-state index in [0.29, 0.717) is 19.3 Å². The molecule has 0 heterocycles. The van der Waals surface area contributed by atoms with Gasteiger partial charge >= 0.3 is 17.9 Å². The molecular formula is C62H110O6. The van der Waals surface area contributed by atoms with E-state index in [1.165, 1.54) is 167 Å². The van der Waals surface area contributed by atoms with Gasteiger partial charge in [0, 0.05) is 19.3 Å². The molecule has 0 N–H and O–H groups in total. The van der Waals surface area contributed by atoms with Crippen molar-refractivity contribution in [3.05, 3.63) is 60.8 Å². The molecule has 1 unspecified atom stereocenters. The fourth-order valence-corrected chi connectivity index (χ4v) is 8.41. The highest BCUT2D eigenvalue weighted by atomic mass is 16.6. The summed E-state index contributed by atoms with van der Waals surface area (Å²) in [4.78, 5) is 37.9. The van der Waals surface area contributed by atoms with E-state index < -0.39 is 6.10 Å². The number of rotatable bonds is 53. The molecule has 6 heteroatoms. The number of esters is 3. The molecule has 394 valence electrons. The summed E-state index contributed by atoms with van der Waals surface area (Å²) in [5.74, 6) is -0.862. The van der Waals surface area contributed by atoms with Crippen LogP contribution in [0.25, 0.3) is 0 Å². The topological polar surface area (TPSA) is 78.9 Å². The molecule has 0 amide bonds. The van der Waals surface area contributed by atoms with Gasteiger partial charge < -0.3 is 14.2 Å². The molecule has 1 atom stereocenters. The van der Waals surface area contributed by atoms with E-state index in [1.54, 1.807) is 0 Å². The minimum absolute atomic E-state index is 0.0687. The standard InChI is InChI=1S/C62H110O6/c1-4-7-10-13-16-19-21-22-23-24-25-26-27-28-29-30-31-32-33-34-35-36-37-38-39-40-41-44-46-49-52-55-61(64)67-58-59(57-66-60(63)54-51-48-45-42-18-15-12-9-6-3)68-62(65)56-53-50-47-43-20-17-14-11-8-5-2/h7,10,16,19,22-23,25-26,28-29,59H,4-6,8-9,11-15,17-18,20-21,24,27,30-58H2,1-3H3/b10-7-,19-16-,23-22-,26-25-,29-28-. The van der Waals surface area contributed by atoms with Gasteiger partial charge in [-0.2, -0.15) is 0 Å². The van der Waals surface area contributed by atoms with Crippen LogP contribution in [0.3, 0.4) is 0 Å². The smallest absolute Gasteiger partial charge is 0.306 e. The summed E-state index contributed by atoms with van der Waals surface area (Å²) in [5, 5.41) is 0. The lowest BCUT2D eigenvalue weighted by Gasteiger charge is -2.18. The second kappa shape index (κ2) is 56.7. The Morgan fingerprint density at radius 1 is 0.309 bits per heavy atom. The average Bonchev–Trinajstić information content (AvgIpc) is 3.34. The van der Waals surface area contributed by atoms with E-state index in [9.17, 15) is 14.4 Å². The van der Waals surface area contributed by atoms with Gasteiger partial charge in [0.05, 0.1) is 0 Å². The molecule has 0 aromatic rings. The third-order valence-corrected chi connectivity index (χ3v) is 12.8. The highest BCUT2D eigenvalue weighted by molar-refractivity contribution is 5.71. The lowest BCUT2D eigenvalue weighted by Crippen LogP contribution is -2.30. The van der Waals surface area contributed by atoms with Crippen molar-refractivity contribution in [2.45, 2.75) is 303 Å². The second-order valence-corrected chi connectivity index (χ2v) is 19.5. The van der Waals surface area contributed by atoms with Crippen molar-refractivity contribution in [3.8, 4) is 0 Å². The largest absolute Gasteiger partial charge is 0.462 e. The van der Waals surface area contributed by atoms with Gasteiger partial charge in [0.15, 0.2) is 6.10 Å². The van der Waals surface area contributed by atoms with E-state index in [4.69, 9.17) is 14.2 Å². The van der Waals surface area contributed by atoms with Gasteiger partial charge in [-0.1, -0.05) is 274 Å². The molecule has 0 aliphatic carbocycles. The fourth-order valence-electron chi connectivity index (χ4n) is 8.41. The Bertz CT molecular complexity index is 1230. The number of carbonyl (C=O) groups excluding carboxylic acids is 3. The van der Waals surface area contributed by atoms with Crippen molar-refractivity contribution < 1.29 is 28.6 Å². The second-order valence-electron chi connectivity index (χ2n) is 19.5. The average molecular weight is 952 g/mol. The lowest BCUT2D eigenvalue weighted by molar-refractivity contribution is -0.167. The summed E-state index contributed by atoms with van der Waals surface area (Å²) in [5.41, 5.74) is 0. The van der Waals surface area contributed by atoms with Crippen molar-refractivity contribution in [3.63, 3.8) is 0 Å². The Labute approximate surface area is 421 Å². The van der Waals surface area contributed by atoms with Crippen molar-refractivity contribution in [1.29, 1.82) is 0 Å². The minimum Gasteiger partial charge on any atom is -0.462 e. The van der Waals surface area contributed by atoms with Crippen LogP contribution < -0.4 is 0 Å². The maximum absolute atomic E-state index is 12.7. The van der Waals surface area contributed by atoms with Crippen molar-refractivity contribution in [1.82, 2.24) is 0 Å². The molecule has 0 fully saturated rings. The van der Waals surface area contributed by atoms with Gasteiger partial charge in [-0.25, -0.2) is 0 Å². The van der Waals surface area contributed by atoms with Gasteiger partial charge in [0.2, 0.25) is 0 Å². The van der Waals surface area contributed by atoms with E-state index in [2.05, 4.69) is 81.5 Å². The summed E-state index contributed by atoms with van der Waals surface area (Å²) in [6.07, 6.45) is 71.0. The number of unbranched alkanes of at least 4 members (excludes halogenated alkanes) is 32. The van der Waals surface area contributed by atoms with Gasteiger partial charge in [-0.05, 0) is 64.2 Å².